The SMILES string of the molecule is CCn1cc(-c2cccnc2OC)cn1. The molecule has 78 valence electrons. The van der Waals surface area contributed by atoms with Gasteiger partial charge in [0.2, 0.25) is 5.88 Å². The van der Waals surface area contributed by atoms with Gasteiger partial charge in [-0.15, -0.1) is 0 Å². The summed E-state index contributed by atoms with van der Waals surface area (Å²) in [5.41, 5.74) is 2.00. The number of pyridine rings is 1. The molecule has 0 aliphatic rings. The first kappa shape index (κ1) is 9.71. The third-order valence-electron chi connectivity index (χ3n) is 2.23. The zero-order chi connectivity index (χ0) is 10.7. The molecular formula is C11H13N3O. The van der Waals surface area contributed by atoms with Crippen LogP contribution in [-0.4, -0.2) is 21.9 Å². The maximum Gasteiger partial charge on any atom is 0.221 e. The number of methoxy groups -OCH3 is 1. The van der Waals surface area contributed by atoms with Crippen molar-refractivity contribution in [3.8, 4) is 17.0 Å². The van der Waals surface area contributed by atoms with Crippen molar-refractivity contribution in [2.24, 2.45) is 0 Å². The summed E-state index contributed by atoms with van der Waals surface area (Å²) in [4.78, 5) is 4.15. The molecular weight excluding hydrogens is 190 g/mol. The maximum atomic E-state index is 5.19. The molecule has 0 aliphatic carbocycles. The Bertz CT molecular complexity index is 451. The fourth-order valence-electron chi connectivity index (χ4n) is 1.45. The fourth-order valence-corrected chi connectivity index (χ4v) is 1.45. The Morgan fingerprint density at radius 2 is 2.33 bits per heavy atom. The molecule has 2 aromatic rings. The van der Waals surface area contributed by atoms with Crippen LogP contribution in [0, 0.1) is 0 Å². The number of rotatable bonds is 3. The minimum Gasteiger partial charge on any atom is -0.481 e. The smallest absolute Gasteiger partial charge is 0.221 e. The Labute approximate surface area is 88.5 Å². The Morgan fingerprint density at radius 3 is 3.00 bits per heavy atom. The lowest BCUT2D eigenvalue weighted by Crippen LogP contribution is -1.92. The van der Waals surface area contributed by atoms with Gasteiger partial charge in [-0.05, 0) is 19.1 Å². The van der Waals surface area contributed by atoms with E-state index in [9.17, 15) is 0 Å². The van der Waals surface area contributed by atoms with E-state index in [1.807, 2.05) is 29.2 Å². The van der Waals surface area contributed by atoms with Gasteiger partial charge < -0.3 is 4.74 Å². The molecule has 0 fully saturated rings. The predicted octanol–water partition coefficient (Wildman–Crippen LogP) is 1.97. The van der Waals surface area contributed by atoms with E-state index in [0.717, 1.165) is 17.7 Å². The van der Waals surface area contributed by atoms with Crippen molar-refractivity contribution >= 4 is 0 Å². The molecule has 2 heterocycles. The quantitative estimate of drug-likeness (QED) is 0.765. The first-order valence-corrected chi connectivity index (χ1v) is 4.87. The zero-order valence-electron chi connectivity index (χ0n) is 8.84. The van der Waals surface area contributed by atoms with Crippen molar-refractivity contribution in [2.75, 3.05) is 7.11 Å². The summed E-state index contributed by atoms with van der Waals surface area (Å²) in [6, 6.07) is 3.87. The van der Waals surface area contributed by atoms with Gasteiger partial charge in [0.05, 0.1) is 13.3 Å². The largest absolute Gasteiger partial charge is 0.481 e. The summed E-state index contributed by atoms with van der Waals surface area (Å²) in [6.45, 7) is 2.92. The van der Waals surface area contributed by atoms with Gasteiger partial charge in [-0.2, -0.15) is 5.10 Å². The van der Waals surface area contributed by atoms with Crippen LogP contribution >= 0.6 is 0 Å². The van der Waals surface area contributed by atoms with Gasteiger partial charge in [0.15, 0.2) is 0 Å². The molecule has 0 unspecified atom stereocenters. The maximum absolute atomic E-state index is 5.19. The van der Waals surface area contributed by atoms with Crippen LogP contribution in [0.5, 0.6) is 5.88 Å². The molecule has 0 spiro atoms. The third kappa shape index (κ3) is 1.83. The van der Waals surface area contributed by atoms with Crippen LogP contribution in [0.2, 0.25) is 0 Å². The van der Waals surface area contributed by atoms with E-state index in [1.165, 1.54) is 0 Å². The molecule has 0 N–H and O–H groups in total. The number of aryl methyl sites for hydroxylation is 1. The molecule has 0 aromatic carbocycles. The van der Waals surface area contributed by atoms with Crippen LogP contribution in [0.4, 0.5) is 0 Å². The average molecular weight is 203 g/mol. The molecule has 0 saturated carbocycles. The fraction of sp³-hybridized carbons (Fsp3) is 0.273. The minimum absolute atomic E-state index is 0.633. The van der Waals surface area contributed by atoms with E-state index >= 15 is 0 Å². The summed E-state index contributed by atoms with van der Waals surface area (Å²) in [6.07, 6.45) is 5.52. The standard InChI is InChI=1S/C11H13N3O/c1-3-14-8-9(7-13-14)10-5-4-6-12-11(10)15-2/h4-8H,3H2,1-2H3. The normalized spacial score (nSPS) is 10.3. The van der Waals surface area contributed by atoms with Crippen molar-refractivity contribution in [1.82, 2.24) is 14.8 Å². The lowest BCUT2D eigenvalue weighted by Gasteiger charge is -2.03. The van der Waals surface area contributed by atoms with E-state index in [-0.39, 0.29) is 0 Å². The first-order chi connectivity index (χ1) is 7.35. The van der Waals surface area contributed by atoms with E-state index in [2.05, 4.69) is 17.0 Å². The molecule has 0 atom stereocenters. The summed E-state index contributed by atoms with van der Waals surface area (Å²) in [5, 5.41) is 4.22. The monoisotopic (exact) mass is 203 g/mol. The van der Waals surface area contributed by atoms with Gasteiger partial charge in [-0.25, -0.2) is 4.98 Å². The Morgan fingerprint density at radius 1 is 1.47 bits per heavy atom. The number of aromatic nitrogens is 3. The number of ether oxygens (including phenoxy) is 1. The molecule has 0 radical (unpaired) electrons. The molecule has 2 rings (SSSR count). The van der Waals surface area contributed by atoms with Crippen molar-refractivity contribution in [3.63, 3.8) is 0 Å². The van der Waals surface area contributed by atoms with Crippen LogP contribution in [-0.2, 0) is 6.54 Å². The lowest BCUT2D eigenvalue weighted by molar-refractivity contribution is 0.399. The number of hydrogen-bond donors (Lipinski definition) is 0. The van der Waals surface area contributed by atoms with Crippen LogP contribution in [0.25, 0.3) is 11.1 Å². The van der Waals surface area contributed by atoms with Crippen molar-refractivity contribution in [1.29, 1.82) is 0 Å². The summed E-state index contributed by atoms with van der Waals surface area (Å²) < 4.78 is 7.07. The van der Waals surface area contributed by atoms with Gasteiger partial charge in [0.25, 0.3) is 0 Å². The molecule has 0 amide bonds. The minimum atomic E-state index is 0.633. The second-order valence-electron chi connectivity index (χ2n) is 3.14. The van der Waals surface area contributed by atoms with Crippen LogP contribution in [0.1, 0.15) is 6.92 Å². The highest BCUT2D eigenvalue weighted by Gasteiger charge is 2.07. The first-order valence-electron chi connectivity index (χ1n) is 4.87. The van der Waals surface area contributed by atoms with Gasteiger partial charge in [0.1, 0.15) is 0 Å². The third-order valence-corrected chi connectivity index (χ3v) is 2.23. The van der Waals surface area contributed by atoms with E-state index in [4.69, 9.17) is 4.74 Å². The van der Waals surface area contributed by atoms with Crippen molar-refractivity contribution < 1.29 is 4.74 Å². The molecule has 4 heteroatoms. The summed E-state index contributed by atoms with van der Waals surface area (Å²) >= 11 is 0. The number of nitrogens with zero attached hydrogens (tertiary/aromatic N) is 3. The Balaban J connectivity index is 2.44. The highest BCUT2D eigenvalue weighted by atomic mass is 16.5. The topological polar surface area (TPSA) is 39.9 Å². The second kappa shape index (κ2) is 4.13. The average Bonchev–Trinajstić information content (AvgIpc) is 2.77. The molecule has 0 bridgehead atoms. The van der Waals surface area contributed by atoms with Crippen molar-refractivity contribution in [3.05, 3.63) is 30.7 Å². The molecule has 0 saturated heterocycles. The van der Waals surface area contributed by atoms with E-state index in [1.54, 1.807) is 13.3 Å². The van der Waals surface area contributed by atoms with Crippen LogP contribution in [0.15, 0.2) is 30.7 Å². The van der Waals surface area contributed by atoms with Gasteiger partial charge >= 0.3 is 0 Å². The van der Waals surface area contributed by atoms with E-state index < -0.39 is 0 Å². The van der Waals surface area contributed by atoms with Crippen molar-refractivity contribution in [2.45, 2.75) is 13.5 Å². The molecule has 15 heavy (non-hydrogen) atoms. The van der Waals surface area contributed by atoms with Crippen LogP contribution < -0.4 is 4.74 Å². The van der Waals surface area contributed by atoms with E-state index in [0.29, 0.717) is 5.88 Å². The molecule has 0 aliphatic heterocycles. The zero-order valence-corrected chi connectivity index (χ0v) is 8.84. The van der Waals surface area contributed by atoms with Gasteiger partial charge in [-0.1, -0.05) is 0 Å². The molecule has 2 aromatic heterocycles. The van der Waals surface area contributed by atoms with Gasteiger partial charge in [0, 0.05) is 30.1 Å². The second-order valence-corrected chi connectivity index (χ2v) is 3.14. The highest BCUT2D eigenvalue weighted by molar-refractivity contribution is 5.66. The predicted molar refractivity (Wildman–Crippen MR) is 57.7 cm³/mol. The lowest BCUT2D eigenvalue weighted by atomic mass is 10.1. The highest BCUT2D eigenvalue weighted by Crippen LogP contribution is 2.26. The Kier molecular flexibility index (Phi) is 2.67. The summed E-state index contributed by atoms with van der Waals surface area (Å²) in [5.74, 6) is 0.633. The van der Waals surface area contributed by atoms with Gasteiger partial charge in [-0.3, -0.25) is 4.68 Å². The number of hydrogen-bond acceptors (Lipinski definition) is 3. The summed E-state index contributed by atoms with van der Waals surface area (Å²) in [7, 11) is 1.62. The van der Waals surface area contributed by atoms with Crippen LogP contribution in [0.3, 0.4) is 0 Å². The molecule has 4 nitrogen and oxygen atoms in total. The Hall–Kier alpha value is -1.84.